The number of halogens is 6. The Morgan fingerprint density at radius 2 is 1.61 bits per heavy atom. The molecule has 0 unspecified atom stereocenters. The molecule has 0 atom stereocenters. The molecule has 100 valence electrons. The van der Waals surface area contributed by atoms with Crippen LogP contribution in [0.1, 0.15) is 0 Å². The average Bonchev–Trinajstić information content (AvgIpc) is 2.19. The van der Waals surface area contributed by atoms with Crippen molar-refractivity contribution in [3.63, 3.8) is 0 Å². The van der Waals surface area contributed by atoms with Crippen LogP contribution >= 0.6 is 69.6 Å². The van der Waals surface area contributed by atoms with Gasteiger partial charge < -0.3 is 9.47 Å². The minimum absolute atomic E-state index is 0.0540. The summed E-state index contributed by atoms with van der Waals surface area (Å²) in [4.78, 5) is 11.3. The van der Waals surface area contributed by atoms with E-state index in [4.69, 9.17) is 74.3 Å². The third kappa shape index (κ3) is 5.47. The highest BCUT2D eigenvalue weighted by Crippen LogP contribution is 2.36. The molecule has 0 bridgehead atoms. The highest BCUT2D eigenvalue weighted by molar-refractivity contribution is 6.67. The van der Waals surface area contributed by atoms with Gasteiger partial charge in [-0.3, -0.25) is 0 Å². The van der Waals surface area contributed by atoms with Crippen molar-refractivity contribution >= 4 is 75.8 Å². The third-order valence-electron chi connectivity index (χ3n) is 1.50. The van der Waals surface area contributed by atoms with Crippen LogP contribution in [0, 0.1) is 0 Å². The summed E-state index contributed by atoms with van der Waals surface area (Å²) in [6, 6.07) is 2.71. The van der Waals surface area contributed by atoms with Crippen LogP contribution in [-0.2, 0) is 4.74 Å². The van der Waals surface area contributed by atoms with Gasteiger partial charge in [-0.1, -0.05) is 69.6 Å². The van der Waals surface area contributed by atoms with Gasteiger partial charge in [-0.2, -0.15) is 0 Å². The van der Waals surface area contributed by atoms with Crippen molar-refractivity contribution in [2.24, 2.45) is 0 Å². The summed E-state index contributed by atoms with van der Waals surface area (Å²) in [5, 5.41) is 0.406. The van der Waals surface area contributed by atoms with E-state index in [-0.39, 0.29) is 15.8 Å². The lowest BCUT2D eigenvalue weighted by molar-refractivity contribution is 0.101. The van der Waals surface area contributed by atoms with Crippen molar-refractivity contribution in [2.45, 2.75) is 3.79 Å². The third-order valence-corrected chi connectivity index (χ3v) is 2.61. The smallest absolute Gasteiger partial charge is 0.429 e. The van der Waals surface area contributed by atoms with Gasteiger partial charge in [0, 0.05) is 5.02 Å². The summed E-state index contributed by atoms with van der Waals surface area (Å²) >= 11 is 33.4. The first-order valence-electron chi connectivity index (χ1n) is 4.25. The molecule has 0 radical (unpaired) electrons. The molecule has 1 aromatic carbocycles. The van der Waals surface area contributed by atoms with Crippen molar-refractivity contribution in [3.8, 4) is 5.75 Å². The highest BCUT2D eigenvalue weighted by Gasteiger charge is 2.23. The van der Waals surface area contributed by atoms with E-state index in [1.807, 2.05) is 0 Å². The lowest BCUT2D eigenvalue weighted by Gasteiger charge is -2.12. The van der Waals surface area contributed by atoms with E-state index in [1.165, 1.54) is 12.1 Å². The summed E-state index contributed by atoms with van der Waals surface area (Å²) in [6.45, 7) is -0.473. The molecule has 1 rings (SSSR count). The van der Waals surface area contributed by atoms with Gasteiger partial charge in [0.05, 0.1) is 10.0 Å². The van der Waals surface area contributed by atoms with Crippen molar-refractivity contribution in [1.29, 1.82) is 0 Å². The highest BCUT2D eigenvalue weighted by atomic mass is 35.6. The van der Waals surface area contributed by atoms with Crippen LogP contribution in [0.4, 0.5) is 4.79 Å². The molecule has 0 saturated carbocycles. The quantitative estimate of drug-likeness (QED) is 0.389. The molecule has 0 aliphatic carbocycles. The molecule has 0 heterocycles. The molecule has 0 aliphatic heterocycles. The first-order chi connectivity index (χ1) is 8.19. The molecule has 0 fully saturated rings. The molecular weight excluding hydrogens is 369 g/mol. The molecule has 0 aromatic heterocycles. The fourth-order valence-corrected chi connectivity index (χ4v) is 1.94. The number of alkyl halides is 3. The van der Waals surface area contributed by atoms with Crippen LogP contribution in [0.5, 0.6) is 5.75 Å². The van der Waals surface area contributed by atoms with Crippen LogP contribution in [-0.4, -0.2) is 16.6 Å². The molecule has 9 heteroatoms. The summed E-state index contributed by atoms with van der Waals surface area (Å²) in [5.41, 5.74) is 0. The van der Waals surface area contributed by atoms with E-state index in [0.29, 0.717) is 5.02 Å². The molecule has 3 nitrogen and oxygen atoms in total. The minimum Gasteiger partial charge on any atom is -0.429 e. The second-order valence-corrected chi connectivity index (χ2v) is 6.72. The Kier molecular flexibility index (Phi) is 5.97. The number of rotatable bonds is 2. The maximum atomic E-state index is 11.3. The molecule has 1 aromatic rings. The Labute approximate surface area is 133 Å². The van der Waals surface area contributed by atoms with Crippen molar-refractivity contribution in [3.05, 3.63) is 27.2 Å². The fourth-order valence-electron chi connectivity index (χ4n) is 0.880. The Hall–Kier alpha value is 0.230. The first kappa shape index (κ1) is 16.3. The van der Waals surface area contributed by atoms with Gasteiger partial charge in [-0.15, -0.1) is 0 Å². The number of ether oxygens (including phenoxy) is 2. The van der Waals surface area contributed by atoms with Gasteiger partial charge >= 0.3 is 6.16 Å². The number of hydrogen-bond acceptors (Lipinski definition) is 3. The van der Waals surface area contributed by atoms with E-state index in [1.54, 1.807) is 0 Å². The predicted molar refractivity (Wildman–Crippen MR) is 73.7 cm³/mol. The van der Waals surface area contributed by atoms with Gasteiger partial charge in [-0.25, -0.2) is 4.79 Å². The lowest BCUT2D eigenvalue weighted by Crippen LogP contribution is -2.19. The van der Waals surface area contributed by atoms with Gasteiger partial charge in [-0.05, 0) is 12.1 Å². The average molecular weight is 373 g/mol. The normalized spacial score (nSPS) is 11.2. The van der Waals surface area contributed by atoms with E-state index in [0.717, 1.165) is 0 Å². The molecule has 0 saturated heterocycles. The Balaban J connectivity index is 2.71. The number of carbonyl (C=O) groups is 1. The van der Waals surface area contributed by atoms with Gasteiger partial charge in [0.1, 0.15) is 6.61 Å². The Morgan fingerprint density at radius 3 is 2.06 bits per heavy atom. The summed E-state index contributed by atoms with van der Waals surface area (Å²) in [7, 11) is 0. The van der Waals surface area contributed by atoms with E-state index >= 15 is 0 Å². The second-order valence-electron chi connectivity index (χ2n) is 2.95. The maximum absolute atomic E-state index is 11.3. The lowest BCUT2D eigenvalue weighted by atomic mass is 10.3. The van der Waals surface area contributed by atoms with Crippen molar-refractivity contribution in [2.75, 3.05) is 6.61 Å². The summed E-state index contributed by atoms with van der Waals surface area (Å²) < 4.78 is 7.58. The molecule has 0 spiro atoms. The standard InChI is InChI=1S/C9H4Cl6O3/c10-4-1-5(11)7(6(12)2-4)18-8(16)17-3-9(13,14)15/h1-2H,3H2. The number of benzene rings is 1. The fraction of sp³-hybridized carbons (Fsp3) is 0.222. The van der Waals surface area contributed by atoms with Crippen molar-refractivity contribution in [1.82, 2.24) is 0 Å². The second kappa shape index (κ2) is 6.60. The zero-order valence-electron chi connectivity index (χ0n) is 8.35. The van der Waals surface area contributed by atoms with E-state index in [2.05, 4.69) is 4.74 Å². The minimum atomic E-state index is -1.73. The Bertz CT molecular complexity index is 433. The molecule has 0 amide bonds. The molecule has 0 aliphatic rings. The Morgan fingerprint density at radius 1 is 1.11 bits per heavy atom. The van der Waals surface area contributed by atoms with Crippen LogP contribution in [0.2, 0.25) is 15.1 Å². The van der Waals surface area contributed by atoms with Gasteiger partial charge in [0.2, 0.25) is 3.79 Å². The predicted octanol–water partition coefficient (Wildman–Crippen LogP) is 5.53. The van der Waals surface area contributed by atoms with Crippen LogP contribution in [0.15, 0.2) is 12.1 Å². The first-order valence-corrected chi connectivity index (χ1v) is 6.52. The summed E-state index contributed by atoms with van der Waals surface area (Å²) in [5.74, 6) is -0.0861. The molecular formula is C9H4Cl6O3. The number of carbonyl (C=O) groups excluding carboxylic acids is 1. The zero-order valence-corrected chi connectivity index (χ0v) is 12.9. The maximum Gasteiger partial charge on any atom is 0.514 e. The van der Waals surface area contributed by atoms with Gasteiger partial charge in [0.25, 0.3) is 0 Å². The molecule has 0 N–H and O–H groups in total. The zero-order chi connectivity index (χ0) is 13.9. The van der Waals surface area contributed by atoms with E-state index < -0.39 is 16.6 Å². The van der Waals surface area contributed by atoms with E-state index in [9.17, 15) is 4.79 Å². The largest absolute Gasteiger partial charge is 0.514 e. The van der Waals surface area contributed by atoms with Crippen LogP contribution in [0.25, 0.3) is 0 Å². The molecule has 18 heavy (non-hydrogen) atoms. The number of hydrogen-bond donors (Lipinski definition) is 0. The SMILES string of the molecule is O=C(OCC(Cl)(Cl)Cl)Oc1c(Cl)cc(Cl)cc1Cl. The monoisotopic (exact) mass is 370 g/mol. The van der Waals surface area contributed by atoms with Crippen LogP contribution < -0.4 is 4.74 Å². The van der Waals surface area contributed by atoms with Gasteiger partial charge in [0.15, 0.2) is 5.75 Å². The van der Waals surface area contributed by atoms with Crippen molar-refractivity contribution < 1.29 is 14.3 Å². The topological polar surface area (TPSA) is 35.5 Å². The van der Waals surface area contributed by atoms with Crippen LogP contribution in [0.3, 0.4) is 0 Å². The summed E-state index contributed by atoms with van der Waals surface area (Å²) in [6.07, 6.45) is -1.10.